The van der Waals surface area contributed by atoms with Gasteiger partial charge in [-0.15, -0.1) is 10.2 Å². The number of aryl methyl sites for hydroxylation is 1. The first-order chi connectivity index (χ1) is 14.0. The third-order valence-corrected chi connectivity index (χ3v) is 5.68. The van der Waals surface area contributed by atoms with Crippen LogP contribution in [-0.4, -0.2) is 38.2 Å². The number of nitrogens with zero attached hydrogens (tertiary/aromatic N) is 3. The first kappa shape index (κ1) is 20.8. The van der Waals surface area contributed by atoms with Crippen LogP contribution in [0.4, 0.5) is 0 Å². The van der Waals surface area contributed by atoms with Crippen LogP contribution in [0.15, 0.2) is 59.8 Å². The van der Waals surface area contributed by atoms with E-state index in [9.17, 15) is 9.59 Å². The standard InChI is InChI=1S/C22H24N4O2S/c1-15-9-7-8-12-18(15)21-24-25-22(26(21)3)29-14-20(28)23-19(16(2)27)13-17-10-5-4-6-11-17/h4-12,19H,13-14H2,1-3H3,(H,23,28)/t19-/m1/s1. The van der Waals surface area contributed by atoms with Gasteiger partial charge in [-0.1, -0.05) is 66.4 Å². The first-order valence-electron chi connectivity index (χ1n) is 9.37. The van der Waals surface area contributed by atoms with Crippen molar-refractivity contribution in [1.29, 1.82) is 0 Å². The van der Waals surface area contributed by atoms with Crippen molar-refractivity contribution in [3.8, 4) is 11.4 Å². The Morgan fingerprint density at radius 3 is 2.45 bits per heavy atom. The minimum Gasteiger partial charge on any atom is -0.345 e. The number of hydrogen-bond donors (Lipinski definition) is 1. The van der Waals surface area contributed by atoms with Crippen LogP contribution in [0.5, 0.6) is 0 Å². The quantitative estimate of drug-likeness (QED) is 0.579. The highest BCUT2D eigenvalue weighted by Gasteiger charge is 2.19. The van der Waals surface area contributed by atoms with E-state index >= 15 is 0 Å². The van der Waals surface area contributed by atoms with Crippen LogP contribution in [0.3, 0.4) is 0 Å². The molecular formula is C22H24N4O2S. The van der Waals surface area contributed by atoms with Gasteiger partial charge in [-0.2, -0.15) is 0 Å². The Bertz CT molecular complexity index is 1000. The van der Waals surface area contributed by atoms with Crippen molar-refractivity contribution in [3.63, 3.8) is 0 Å². The maximum Gasteiger partial charge on any atom is 0.231 e. The van der Waals surface area contributed by atoms with Gasteiger partial charge in [0.05, 0.1) is 11.8 Å². The van der Waals surface area contributed by atoms with E-state index in [1.807, 2.05) is 73.1 Å². The Balaban J connectivity index is 1.62. The van der Waals surface area contributed by atoms with Gasteiger partial charge in [-0.05, 0) is 31.4 Å². The fraction of sp³-hybridized carbons (Fsp3) is 0.273. The van der Waals surface area contributed by atoms with E-state index in [0.717, 1.165) is 22.5 Å². The molecule has 1 amide bonds. The van der Waals surface area contributed by atoms with E-state index in [-0.39, 0.29) is 17.4 Å². The molecule has 1 aromatic heterocycles. The smallest absolute Gasteiger partial charge is 0.231 e. The summed E-state index contributed by atoms with van der Waals surface area (Å²) < 4.78 is 1.88. The highest BCUT2D eigenvalue weighted by Crippen LogP contribution is 2.24. The van der Waals surface area contributed by atoms with Crippen LogP contribution >= 0.6 is 11.8 Å². The zero-order valence-electron chi connectivity index (χ0n) is 16.8. The average molecular weight is 409 g/mol. The Morgan fingerprint density at radius 2 is 1.76 bits per heavy atom. The van der Waals surface area contributed by atoms with Crippen LogP contribution in [0.2, 0.25) is 0 Å². The highest BCUT2D eigenvalue weighted by molar-refractivity contribution is 7.99. The summed E-state index contributed by atoms with van der Waals surface area (Å²) in [5.41, 5.74) is 3.14. The second kappa shape index (κ2) is 9.52. The second-order valence-electron chi connectivity index (χ2n) is 6.89. The topological polar surface area (TPSA) is 76.9 Å². The molecule has 1 heterocycles. The van der Waals surface area contributed by atoms with Crippen molar-refractivity contribution < 1.29 is 9.59 Å². The number of hydrogen-bond acceptors (Lipinski definition) is 5. The number of benzene rings is 2. The van der Waals surface area contributed by atoms with E-state index in [1.54, 1.807) is 0 Å². The maximum atomic E-state index is 12.4. The number of carbonyl (C=O) groups is 2. The van der Waals surface area contributed by atoms with Gasteiger partial charge in [0.25, 0.3) is 0 Å². The molecule has 150 valence electrons. The van der Waals surface area contributed by atoms with Gasteiger partial charge in [0.15, 0.2) is 16.8 Å². The van der Waals surface area contributed by atoms with Gasteiger partial charge in [-0.25, -0.2) is 0 Å². The van der Waals surface area contributed by atoms with Crippen molar-refractivity contribution in [1.82, 2.24) is 20.1 Å². The Hall–Kier alpha value is -2.93. The normalized spacial score (nSPS) is 11.8. The number of aromatic nitrogens is 3. The van der Waals surface area contributed by atoms with Gasteiger partial charge < -0.3 is 9.88 Å². The summed E-state index contributed by atoms with van der Waals surface area (Å²) in [7, 11) is 1.88. The number of Topliss-reactive ketones (excluding diaryl/α,β-unsaturated/α-hetero) is 1. The van der Waals surface area contributed by atoms with E-state index in [0.29, 0.717) is 11.6 Å². The van der Waals surface area contributed by atoms with Crippen molar-refractivity contribution in [3.05, 3.63) is 65.7 Å². The van der Waals surface area contributed by atoms with E-state index in [2.05, 4.69) is 15.5 Å². The lowest BCUT2D eigenvalue weighted by Crippen LogP contribution is -2.42. The van der Waals surface area contributed by atoms with Crippen molar-refractivity contribution >= 4 is 23.5 Å². The SMILES string of the molecule is CC(=O)[C@@H](Cc1ccccc1)NC(=O)CSc1nnc(-c2ccccc2C)n1C. The highest BCUT2D eigenvalue weighted by atomic mass is 32.2. The van der Waals surface area contributed by atoms with Crippen molar-refractivity contribution in [2.45, 2.75) is 31.5 Å². The number of nitrogens with one attached hydrogen (secondary N) is 1. The summed E-state index contributed by atoms with van der Waals surface area (Å²) in [5.74, 6) is 0.661. The zero-order valence-corrected chi connectivity index (χ0v) is 17.6. The molecule has 0 aliphatic rings. The number of rotatable bonds is 8. The third-order valence-electron chi connectivity index (χ3n) is 4.66. The fourth-order valence-electron chi connectivity index (χ4n) is 3.01. The molecule has 0 fully saturated rings. The molecule has 0 saturated carbocycles. The van der Waals surface area contributed by atoms with Crippen LogP contribution in [-0.2, 0) is 23.1 Å². The van der Waals surface area contributed by atoms with Gasteiger partial charge in [0, 0.05) is 12.6 Å². The molecular weight excluding hydrogens is 384 g/mol. The second-order valence-corrected chi connectivity index (χ2v) is 7.83. The molecule has 2 aromatic carbocycles. The molecule has 0 aliphatic carbocycles. The fourth-order valence-corrected chi connectivity index (χ4v) is 3.73. The maximum absolute atomic E-state index is 12.4. The van der Waals surface area contributed by atoms with Crippen molar-refractivity contribution in [2.75, 3.05) is 5.75 Å². The van der Waals surface area contributed by atoms with Gasteiger partial charge in [-0.3, -0.25) is 9.59 Å². The Morgan fingerprint density at radius 1 is 1.07 bits per heavy atom. The molecule has 1 N–H and O–H groups in total. The number of ketones is 1. The van der Waals surface area contributed by atoms with Crippen molar-refractivity contribution in [2.24, 2.45) is 7.05 Å². The van der Waals surface area contributed by atoms with E-state index in [1.165, 1.54) is 18.7 Å². The number of thioether (sulfide) groups is 1. The molecule has 0 saturated heterocycles. The average Bonchev–Trinajstić information content (AvgIpc) is 3.07. The molecule has 0 aliphatic heterocycles. The van der Waals surface area contributed by atoms with Crippen LogP contribution in [0, 0.1) is 6.92 Å². The predicted octanol–water partition coefficient (Wildman–Crippen LogP) is 3.20. The molecule has 0 unspecified atom stereocenters. The third kappa shape index (κ3) is 5.32. The molecule has 3 rings (SSSR count). The number of amides is 1. The van der Waals surface area contributed by atoms with Crippen LogP contribution in [0.25, 0.3) is 11.4 Å². The summed E-state index contributed by atoms with van der Waals surface area (Å²) in [6.07, 6.45) is 0.480. The van der Waals surface area contributed by atoms with Gasteiger partial charge in [0.2, 0.25) is 5.91 Å². The minimum atomic E-state index is -0.535. The monoisotopic (exact) mass is 408 g/mol. The minimum absolute atomic E-state index is 0.0623. The lowest BCUT2D eigenvalue weighted by Gasteiger charge is -2.16. The molecule has 29 heavy (non-hydrogen) atoms. The predicted molar refractivity (Wildman–Crippen MR) is 115 cm³/mol. The molecule has 7 heteroatoms. The Labute approximate surface area is 174 Å². The van der Waals surface area contributed by atoms with Gasteiger partial charge >= 0.3 is 0 Å². The van der Waals surface area contributed by atoms with Crippen LogP contribution in [0.1, 0.15) is 18.1 Å². The summed E-state index contributed by atoms with van der Waals surface area (Å²) >= 11 is 1.30. The van der Waals surface area contributed by atoms with Crippen LogP contribution < -0.4 is 5.32 Å². The molecule has 0 radical (unpaired) electrons. The lowest BCUT2D eigenvalue weighted by atomic mass is 10.0. The number of carbonyl (C=O) groups excluding carboxylic acids is 2. The molecule has 1 atom stereocenters. The summed E-state index contributed by atoms with van der Waals surface area (Å²) in [4.78, 5) is 24.4. The van der Waals surface area contributed by atoms with E-state index < -0.39 is 6.04 Å². The molecule has 0 spiro atoms. The summed E-state index contributed by atoms with van der Waals surface area (Å²) in [6, 6.07) is 17.1. The largest absolute Gasteiger partial charge is 0.345 e. The lowest BCUT2D eigenvalue weighted by molar-refractivity contribution is -0.125. The molecule has 0 bridgehead atoms. The Kier molecular flexibility index (Phi) is 6.82. The summed E-state index contributed by atoms with van der Waals surface area (Å²) in [5, 5.41) is 12.0. The van der Waals surface area contributed by atoms with E-state index in [4.69, 9.17) is 0 Å². The zero-order chi connectivity index (χ0) is 20.8. The molecule has 6 nitrogen and oxygen atoms in total. The van der Waals surface area contributed by atoms with Gasteiger partial charge in [0.1, 0.15) is 0 Å². The first-order valence-corrected chi connectivity index (χ1v) is 10.4. The molecule has 3 aromatic rings. The summed E-state index contributed by atoms with van der Waals surface area (Å²) in [6.45, 7) is 3.52.